The smallest absolute Gasteiger partial charge is 0.266 e. The first kappa shape index (κ1) is 21.2. The van der Waals surface area contributed by atoms with Crippen molar-refractivity contribution in [2.24, 2.45) is 0 Å². The van der Waals surface area contributed by atoms with Crippen LogP contribution in [-0.4, -0.2) is 39.1 Å². The molecule has 5 rings (SSSR count). The lowest BCUT2D eigenvalue weighted by Gasteiger charge is -2.22. The first-order chi connectivity index (χ1) is 16.0. The number of fused-ring (bicyclic) bond motifs is 2. The van der Waals surface area contributed by atoms with E-state index in [0.29, 0.717) is 35.9 Å². The Balaban J connectivity index is 1.46. The van der Waals surface area contributed by atoms with Gasteiger partial charge in [0.25, 0.3) is 10.0 Å². The number of hydrogen-bond donors (Lipinski definition) is 1. The lowest BCUT2D eigenvalue weighted by atomic mass is 10.2. The number of amides is 1. The molecule has 0 aliphatic carbocycles. The van der Waals surface area contributed by atoms with Crippen LogP contribution in [0.15, 0.2) is 77.7 Å². The minimum absolute atomic E-state index is 0.0800. The zero-order valence-electron chi connectivity index (χ0n) is 17.3. The summed E-state index contributed by atoms with van der Waals surface area (Å²) in [6.07, 6.45) is 0. The van der Waals surface area contributed by atoms with Gasteiger partial charge in [-0.05, 0) is 36.4 Å². The van der Waals surface area contributed by atoms with Crippen LogP contribution in [0.3, 0.4) is 0 Å². The van der Waals surface area contributed by atoms with Gasteiger partial charge in [0.15, 0.2) is 11.5 Å². The molecular weight excluding hydrogens is 462 g/mol. The predicted molar refractivity (Wildman–Crippen MR) is 127 cm³/mol. The molecule has 1 aromatic heterocycles. The Morgan fingerprint density at radius 2 is 1.70 bits per heavy atom. The van der Waals surface area contributed by atoms with Crippen LogP contribution in [0.2, 0.25) is 0 Å². The lowest BCUT2D eigenvalue weighted by molar-refractivity contribution is -0.114. The number of hydrogen-bond acceptors (Lipinski definition) is 7. The molecule has 2 heterocycles. The van der Waals surface area contributed by atoms with Crippen molar-refractivity contribution in [1.82, 2.24) is 4.98 Å². The van der Waals surface area contributed by atoms with E-state index < -0.39 is 22.5 Å². The Kier molecular flexibility index (Phi) is 5.61. The molecule has 1 amide bonds. The molecule has 3 aromatic carbocycles. The number of anilines is 2. The van der Waals surface area contributed by atoms with Crippen LogP contribution >= 0.6 is 11.3 Å². The highest BCUT2D eigenvalue weighted by atomic mass is 32.2. The number of thiazole rings is 1. The van der Waals surface area contributed by atoms with Crippen LogP contribution in [0.1, 0.15) is 0 Å². The fourth-order valence-electron chi connectivity index (χ4n) is 3.39. The SMILES string of the molecule is O=C(CN(c1nc2ccccc2s1)S(=O)(=O)c1ccccc1)Nc1ccc2c(c1)OCCO2. The number of carbonyl (C=O) groups is 1. The number of ether oxygens (including phenoxy) is 2. The summed E-state index contributed by atoms with van der Waals surface area (Å²) in [6, 6.07) is 20.4. The molecule has 0 spiro atoms. The van der Waals surface area contributed by atoms with Crippen molar-refractivity contribution < 1.29 is 22.7 Å². The van der Waals surface area contributed by atoms with Gasteiger partial charge in [-0.15, -0.1) is 0 Å². The predicted octanol–water partition coefficient (Wildman–Crippen LogP) is 3.90. The molecule has 0 bridgehead atoms. The van der Waals surface area contributed by atoms with Gasteiger partial charge in [0.1, 0.15) is 19.8 Å². The fraction of sp³-hybridized carbons (Fsp3) is 0.130. The van der Waals surface area contributed by atoms with Gasteiger partial charge in [-0.2, -0.15) is 0 Å². The van der Waals surface area contributed by atoms with E-state index in [1.807, 2.05) is 18.2 Å². The van der Waals surface area contributed by atoms with Crippen LogP contribution in [0, 0.1) is 0 Å². The van der Waals surface area contributed by atoms with Crippen LogP contribution in [0.25, 0.3) is 10.2 Å². The average Bonchev–Trinajstić information content (AvgIpc) is 3.27. The summed E-state index contributed by atoms with van der Waals surface area (Å²) in [5, 5.41) is 2.97. The van der Waals surface area contributed by atoms with Crippen LogP contribution in [-0.2, 0) is 14.8 Å². The Hall–Kier alpha value is -3.63. The monoisotopic (exact) mass is 481 g/mol. The van der Waals surface area contributed by atoms with E-state index in [1.165, 1.54) is 23.5 Å². The van der Waals surface area contributed by atoms with E-state index in [9.17, 15) is 13.2 Å². The standard InChI is InChI=1S/C23H19N3O5S2/c27-22(24-16-10-11-19-20(14-16)31-13-12-30-19)15-26(33(28,29)17-6-2-1-3-7-17)23-25-18-8-4-5-9-21(18)32-23/h1-11,14H,12-13,15H2,(H,24,27). The van der Waals surface area contributed by atoms with E-state index in [1.54, 1.807) is 42.5 Å². The number of rotatable bonds is 6. The van der Waals surface area contributed by atoms with Crippen LogP contribution in [0.4, 0.5) is 10.8 Å². The molecule has 0 saturated carbocycles. The Morgan fingerprint density at radius 3 is 2.48 bits per heavy atom. The third-order valence-corrected chi connectivity index (χ3v) is 7.87. The molecule has 1 aliphatic heterocycles. The third-order valence-electron chi connectivity index (χ3n) is 4.94. The maximum Gasteiger partial charge on any atom is 0.266 e. The van der Waals surface area contributed by atoms with Crippen molar-refractivity contribution in [1.29, 1.82) is 0 Å². The van der Waals surface area contributed by atoms with Crippen molar-refractivity contribution in [3.8, 4) is 11.5 Å². The number of aromatic nitrogens is 1. The summed E-state index contributed by atoms with van der Waals surface area (Å²) < 4.78 is 39.8. The van der Waals surface area contributed by atoms with Gasteiger partial charge in [-0.3, -0.25) is 4.79 Å². The summed E-state index contributed by atoms with van der Waals surface area (Å²) >= 11 is 1.21. The molecule has 168 valence electrons. The van der Waals surface area contributed by atoms with Crippen LogP contribution < -0.4 is 19.1 Å². The number of nitrogens with one attached hydrogen (secondary N) is 1. The second-order valence-electron chi connectivity index (χ2n) is 7.20. The van der Waals surface area contributed by atoms with Crippen molar-refractivity contribution in [3.63, 3.8) is 0 Å². The molecule has 0 unspecified atom stereocenters. The minimum Gasteiger partial charge on any atom is -0.486 e. The van der Waals surface area contributed by atoms with E-state index >= 15 is 0 Å². The second kappa shape index (κ2) is 8.72. The highest BCUT2D eigenvalue weighted by molar-refractivity contribution is 7.93. The summed E-state index contributed by atoms with van der Waals surface area (Å²) in [6.45, 7) is 0.448. The molecule has 4 aromatic rings. The molecule has 0 atom stereocenters. The first-order valence-electron chi connectivity index (χ1n) is 10.1. The van der Waals surface area contributed by atoms with Crippen molar-refractivity contribution in [2.75, 3.05) is 29.4 Å². The van der Waals surface area contributed by atoms with Gasteiger partial charge >= 0.3 is 0 Å². The molecule has 0 radical (unpaired) electrons. The van der Waals surface area contributed by atoms with Gasteiger partial charge in [-0.25, -0.2) is 17.7 Å². The van der Waals surface area contributed by atoms with Gasteiger partial charge in [-0.1, -0.05) is 41.7 Å². The van der Waals surface area contributed by atoms with Crippen molar-refractivity contribution in [2.45, 2.75) is 4.90 Å². The van der Waals surface area contributed by atoms with E-state index in [2.05, 4.69) is 10.3 Å². The number of carbonyl (C=O) groups excluding carboxylic acids is 1. The van der Waals surface area contributed by atoms with Crippen molar-refractivity contribution >= 4 is 48.3 Å². The first-order valence-corrected chi connectivity index (χ1v) is 12.4. The Labute approximate surface area is 194 Å². The number of sulfonamides is 1. The molecule has 1 N–H and O–H groups in total. The molecule has 10 heteroatoms. The topological polar surface area (TPSA) is 97.8 Å². The summed E-state index contributed by atoms with van der Waals surface area (Å²) in [5.41, 5.74) is 1.14. The Bertz CT molecular complexity index is 1390. The second-order valence-corrected chi connectivity index (χ2v) is 10.1. The van der Waals surface area contributed by atoms with E-state index in [4.69, 9.17) is 9.47 Å². The number of para-hydroxylation sites is 1. The number of nitrogens with zero attached hydrogens (tertiary/aromatic N) is 2. The molecule has 8 nitrogen and oxygen atoms in total. The van der Waals surface area contributed by atoms with Gasteiger partial charge in [0, 0.05) is 11.8 Å². The highest BCUT2D eigenvalue weighted by Gasteiger charge is 2.30. The van der Waals surface area contributed by atoms with Crippen molar-refractivity contribution in [3.05, 3.63) is 72.8 Å². The Morgan fingerprint density at radius 1 is 0.970 bits per heavy atom. The zero-order valence-corrected chi connectivity index (χ0v) is 18.9. The average molecular weight is 482 g/mol. The minimum atomic E-state index is -4.03. The van der Waals surface area contributed by atoms with Crippen LogP contribution in [0.5, 0.6) is 11.5 Å². The van der Waals surface area contributed by atoms with Gasteiger partial charge in [0.2, 0.25) is 11.0 Å². The quantitative estimate of drug-likeness (QED) is 0.449. The number of benzene rings is 3. The van der Waals surface area contributed by atoms with E-state index in [-0.39, 0.29) is 10.0 Å². The molecule has 0 saturated heterocycles. The largest absolute Gasteiger partial charge is 0.486 e. The maximum atomic E-state index is 13.5. The zero-order chi connectivity index (χ0) is 22.8. The third kappa shape index (κ3) is 4.35. The molecule has 1 aliphatic rings. The van der Waals surface area contributed by atoms with E-state index in [0.717, 1.165) is 9.01 Å². The fourth-order valence-corrected chi connectivity index (χ4v) is 5.96. The van der Waals surface area contributed by atoms with Gasteiger partial charge < -0.3 is 14.8 Å². The highest BCUT2D eigenvalue weighted by Crippen LogP contribution is 2.34. The summed E-state index contributed by atoms with van der Waals surface area (Å²) in [5.74, 6) is 0.617. The maximum absolute atomic E-state index is 13.5. The summed E-state index contributed by atoms with van der Waals surface area (Å²) in [7, 11) is -4.03. The molecule has 33 heavy (non-hydrogen) atoms. The lowest BCUT2D eigenvalue weighted by Crippen LogP contribution is -2.38. The molecular formula is C23H19N3O5S2. The normalized spacial score (nSPS) is 13.0. The molecule has 0 fully saturated rings. The summed E-state index contributed by atoms with van der Waals surface area (Å²) in [4.78, 5) is 17.5. The van der Waals surface area contributed by atoms with Gasteiger partial charge in [0.05, 0.1) is 15.1 Å².